The Morgan fingerprint density at radius 1 is 1.50 bits per heavy atom. The number of halogens is 1. The van der Waals surface area contributed by atoms with Crippen LogP contribution in [0.5, 0.6) is 0 Å². The van der Waals surface area contributed by atoms with Crippen molar-refractivity contribution in [3.8, 4) is 0 Å². The van der Waals surface area contributed by atoms with Gasteiger partial charge in [0, 0.05) is 29.3 Å². The Morgan fingerprint density at radius 3 is 2.89 bits per heavy atom. The molecule has 0 aliphatic carbocycles. The van der Waals surface area contributed by atoms with Gasteiger partial charge in [-0.1, -0.05) is 36.7 Å². The lowest BCUT2D eigenvalue weighted by Gasteiger charge is -2.13. The number of thioether (sulfide) groups is 1. The summed E-state index contributed by atoms with van der Waals surface area (Å²) in [6, 6.07) is 7.09. The van der Waals surface area contributed by atoms with Crippen LogP contribution in [-0.2, 0) is 4.79 Å². The van der Waals surface area contributed by atoms with Gasteiger partial charge < -0.3 is 10.4 Å². The molecule has 1 aromatic carbocycles. The highest BCUT2D eigenvalue weighted by Crippen LogP contribution is 2.21. The van der Waals surface area contributed by atoms with Crippen LogP contribution in [0.25, 0.3) is 0 Å². The van der Waals surface area contributed by atoms with E-state index in [1.165, 1.54) is 0 Å². The molecule has 0 bridgehead atoms. The van der Waals surface area contributed by atoms with E-state index >= 15 is 0 Å². The lowest BCUT2D eigenvalue weighted by atomic mass is 10.1. The lowest BCUT2D eigenvalue weighted by molar-refractivity contribution is -0.121. The van der Waals surface area contributed by atoms with Crippen LogP contribution in [0.15, 0.2) is 24.3 Å². The minimum atomic E-state index is -0.763. The summed E-state index contributed by atoms with van der Waals surface area (Å²) in [5, 5.41) is 13.1. The molecule has 0 aliphatic heterocycles. The molecule has 1 aromatic rings. The van der Waals surface area contributed by atoms with Crippen molar-refractivity contribution in [2.24, 2.45) is 0 Å². The fourth-order valence-corrected chi connectivity index (χ4v) is 2.34. The second kappa shape index (κ2) is 8.40. The Bertz CT molecular complexity index is 387. The second-order valence-electron chi connectivity index (χ2n) is 3.79. The van der Waals surface area contributed by atoms with Gasteiger partial charge >= 0.3 is 0 Å². The van der Waals surface area contributed by atoms with E-state index in [-0.39, 0.29) is 12.5 Å². The molecule has 1 atom stereocenters. The van der Waals surface area contributed by atoms with Gasteiger partial charge in [-0.15, -0.1) is 0 Å². The minimum Gasteiger partial charge on any atom is -0.387 e. The fourth-order valence-electron chi connectivity index (χ4n) is 1.46. The highest BCUT2D eigenvalue weighted by atomic mass is 35.5. The van der Waals surface area contributed by atoms with Gasteiger partial charge in [0.2, 0.25) is 5.91 Å². The third kappa shape index (κ3) is 5.29. The van der Waals surface area contributed by atoms with E-state index < -0.39 is 6.10 Å². The van der Waals surface area contributed by atoms with Crippen molar-refractivity contribution < 1.29 is 9.90 Å². The number of amides is 1. The first-order valence-electron chi connectivity index (χ1n) is 5.92. The molecule has 0 aromatic heterocycles. The standard InChI is InChI=1S/C13H18ClNO2S/c1-2-18-8-7-13(17)15-9-12(16)10-5-3-4-6-11(10)14/h3-6,12,16H,2,7-9H2,1H3,(H,15,17). The smallest absolute Gasteiger partial charge is 0.220 e. The lowest BCUT2D eigenvalue weighted by Crippen LogP contribution is -2.28. The van der Waals surface area contributed by atoms with Crippen LogP contribution in [0.3, 0.4) is 0 Å². The molecule has 0 fully saturated rings. The number of aliphatic hydroxyl groups excluding tert-OH is 1. The van der Waals surface area contributed by atoms with Gasteiger partial charge in [-0.05, 0) is 11.8 Å². The molecule has 2 N–H and O–H groups in total. The van der Waals surface area contributed by atoms with Crippen LogP contribution >= 0.6 is 23.4 Å². The van der Waals surface area contributed by atoms with E-state index in [0.717, 1.165) is 11.5 Å². The zero-order valence-corrected chi connectivity index (χ0v) is 11.9. The molecule has 1 rings (SSSR count). The van der Waals surface area contributed by atoms with Crippen molar-refractivity contribution in [3.05, 3.63) is 34.9 Å². The summed E-state index contributed by atoms with van der Waals surface area (Å²) in [4.78, 5) is 11.5. The van der Waals surface area contributed by atoms with Crippen molar-refractivity contribution in [3.63, 3.8) is 0 Å². The van der Waals surface area contributed by atoms with Gasteiger partial charge in [-0.2, -0.15) is 11.8 Å². The number of nitrogens with one attached hydrogen (secondary N) is 1. The van der Waals surface area contributed by atoms with Gasteiger partial charge in [0.1, 0.15) is 0 Å². The van der Waals surface area contributed by atoms with Gasteiger partial charge in [-0.3, -0.25) is 4.79 Å². The highest BCUT2D eigenvalue weighted by molar-refractivity contribution is 7.99. The Hall–Kier alpha value is -0.710. The van der Waals surface area contributed by atoms with Crippen LogP contribution in [0.2, 0.25) is 5.02 Å². The molecule has 5 heteroatoms. The monoisotopic (exact) mass is 287 g/mol. The molecule has 18 heavy (non-hydrogen) atoms. The van der Waals surface area contributed by atoms with E-state index in [2.05, 4.69) is 12.2 Å². The topological polar surface area (TPSA) is 49.3 Å². The maximum absolute atomic E-state index is 11.5. The normalized spacial score (nSPS) is 12.2. The summed E-state index contributed by atoms with van der Waals surface area (Å²) < 4.78 is 0. The average Bonchev–Trinajstić information content (AvgIpc) is 2.37. The van der Waals surface area contributed by atoms with Gasteiger partial charge in [0.15, 0.2) is 0 Å². The summed E-state index contributed by atoms with van der Waals surface area (Å²) in [5.41, 5.74) is 0.641. The van der Waals surface area contributed by atoms with E-state index in [0.29, 0.717) is 17.0 Å². The molecule has 0 spiro atoms. The van der Waals surface area contributed by atoms with Gasteiger partial charge in [0.25, 0.3) is 0 Å². The Morgan fingerprint density at radius 2 is 2.22 bits per heavy atom. The summed E-state index contributed by atoms with van der Waals surface area (Å²) in [7, 11) is 0. The Kier molecular flexibility index (Phi) is 7.16. The Labute approximate surface area is 117 Å². The highest BCUT2D eigenvalue weighted by Gasteiger charge is 2.12. The van der Waals surface area contributed by atoms with E-state index in [1.807, 2.05) is 6.07 Å². The van der Waals surface area contributed by atoms with Gasteiger partial charge in [0.05, 0.1) is 6.10 Å². The molecule has 0 saturated heterocycles. The molecule has 0 heterocycles. The predicted octanol–water partition coefficient (Wildman–Crippen LogP) is 2.63. The van der Waals surface area contributed by atoms with Crippen molar-refractivity contribution in [1.82, 2.24) is 5.32 Å². The quantitative estimate of drug-likeness (QED) is 0.758. The molecule has 0 radical (unpaired) electrons. The SMILES string of the molecule is CCSCCC(=O)NCC(O)c1ccccc1Cl. The van der Waals surface area contributed by atoms with Crippen LogP contribution in [0, 0.1) is 0 Å². The summed E-state index contributed by atoms with van der Waals surface area (Å²) in [6.07, 6.45) is -0.283. The first-order chi connectivity index (χ1) is 8.65. The number of benzene rings is 1. The van der Waals surface area contributed by atoms with Crippen LogP contribution < -0.4 is 5.32 Å². The third-order valence-electron chi connectivity index (χ3n) is 2.43. The number of aliphatic hydroxyl groups is 1. The molecule has 0 saturated carbocycles. The van der Waals surface area contributed by atoms with Crippen molar-refractivity contribution >= 4 is 29.3 Å². The molecule has 0 aliphatic rings. The molecule has 3 nitrogen and oxygen atoms in total. The maximum atomic E-state index is 11.5. The third-order valence-corrected chi connectivity index (χ3v) is 3.68. The number of hydrogen-bond acceptors (Lipinski definition) is 3. The van der Waals surface area contributed by atoms with Crippen LogP contribution in [0.1, 0.15) is 25.0 Å². The molecule has 1 amide bonds. The first kappa shape index (κ1) is 15.3. The zero-order valence-electron chi connectivity index (χ0n) is 10.4. The fraction of sp³-hybridized carbons (Fsp3) is 0.462. The summed E-state index contributed by atoms with van der Waals surface area (Å²) >= 11 is 7.69. The molecular formula is C13H18ClNO2S. The maximum Gasteiger partial charge on any atom is 0.220 e. The number of carbonyl (C=O) groups excluding carboxylic acids is 1. The molecule has 1 unspecified atom stereocenters. The largest absolute Gasteiger partial charge is 0.387 e. The van der Waals surface area contributed by atoms with E-state index in [1.54, 1.807) is 30.0 Å². The zero-order chi connectivity index (χ0) is 13.4. The molecule has 100 valence electrons. The summed E-state index contributed by atoms with van der Waals surface area (Å²) in [6.45, 7) is 2.25. The van der Waals surface area contributed by atoms with Crippen LogP contribution in [-0.4, -0.2) is 29.1 Å². The van der Waals surface area contributed by atoms with Crippen LogP contribution in [0.4, 0.5) is 0 Å². The van der Waals surface area contributed by atoms with E-state index in [9.17, 15) is 9.90 Å². The predicted molar refractivity (Wildman–Crippen MR) is 77.0 cm³/mol. The van der Waals surface area contributed by atoms with Crippen molar-refractivity contribution in [2.75, 3.05) is 18.1 Å². The number of carbonyl (C=O) groups is 1. The molecular weight excluding hydrogens is 270 g/mol. The first-order valence-corrected chi connectivity index (χ1v) is 7.45. The van der Waals surface area contributed by atoms with Crippen molar-refractivity contribution in [1.29, 1.82) is 0 Å². The number of rotatable bonds is 7. The van der Waals surface area contributed by atoms with Gasteiger partial charge in [-0.25, -0.2) is 0 Å². The second-order valence-corrected chi connectivity index (χ2v) is 5.59. The Balaban J connectivity index is 2.35. The minimum absolute atomic E-state index is 0.0398. The van der Waals surface area contributed by atoms with E-state index in [4.69, 9.17) is 11.6 Å². The van der Waals surface area contributed by atoms with Crippen molar-refractivity contribution in [2.45, 2.75) is 19.4 Å². The number of hydrogen-bond donors (Lipinski definition) is 2. The summed E-state index contributed by atoms with van der Waals surface area (Å²) in [5.74, 6) is 1.78. The average molecular weight is 288 g/mol.